The summed E-state index contributed by atoms with van der Waals surface area (Å²) in [6, 6.07) is 0. The summed E-state index contributed by atoms with van der Waals surface area (Å²) in [7, 11) is 0. The number of likely N-dealkylation sites (tertiary alicyclic amines) is 1. The van der Waals surface area contributed by atoms with E-state index in [1.807, 2.05) is 31.7 Å². The van der Waals surface area contributed by atoms with E-state index in [-0.39, 0.29) is 11.6 Å². The van der Waals surface area contributed by atoms with Gasteiger partial charge in [0, 0.05) is 12.1 Å². The Bertz CT molecular complexity index is 302. The molecule has 0 aromatic rings. The maximum Gasteiger partial charge on any atom is 0.410 e. The van der Waals surface area contributed by atoms with Gasteiger partial charge in [-0.15, -0.1) is 6.58 Å². The van der Waals surface area contributed by atoms with Crippen LogP contribution in [0.5, 0.6) is 0 Å². The smallest absolute Gasteiger partial charge is 0.410 e. The summed E-state index contributed by atoms with van der Waals surface area (Å²) in [5.41, 5.74) is -0.542. The van der Waals surface area contributed by atoms with Gasteiger partial charge in [0.2, 0.25) is 0 Å². The highest BCUT2D eigenvalue weighted by molar-refractivity contribution is 5.69. The first-order valence-corrected chi connectivity index (χ1v) is 6.27. The molecule has 0 aromatic heterocycles. The van der Waals surface area contributed by atoms with E-state index in [1.165, 1.54) is 0 Å². The molecule has 1 aliphatic rings. The second-order valence-electron chi connectivity index (χ2n) is 6.50. The standard InChI is InChI=1S/C14H25NO2/c1-7-8-11-9-14(5,6)15(10-11)12(16)17-13(2,3)4/h7,11H,1,8-10H2,2-6H3. The quantitative estimate of drug-likeness (QED) is 0.689. The summed E-state index contributed by atoms with van der Waals surface area (Å²) < 4.78 is 5.44. The van der Waals surface area contributed by atoms with Crippen molar-refractivity contribution in [3.63, 3.8) is 0 Å². The Morgan fingerprint density at radius 1 is 1.53 bits per heavy atom. The van der Waals surface area contributed by atoms with Crippen molar-refractivity contribution < 1.29 is 9.53 Å². The Morgan fingerprint density at radius 2 is 2.12 bits per heavy atom. The molecule has 1 fully saturated rings. The summed E-state index contributed by atoms with van der Waals surface area (Å²) in [6.45, 7) is 14.4. The zero-order chi connectivity index (χ0) is 13.3. The van der Waals surface area contributed by atoms with Crippen molar-refractivity contribution in [1.29, 1.82) is 0 Å². The van der Waals surface area contributed by atoms with Crippen LogP contribution in [-0.2, 0) is 4.74 Å². The lowest BCUT2D eigenvalue weighted by Crippen LogP contribution is -2.45. The Kier molecular flexibility index (Phi) is 3.90. The Labute approximate surface area is 105 Å². The van der Waals surface area contributed by atoms with Crippen LogP contribution in [0.3, 0.4) is 0 Å². The molecule has 0 aromatic carbocycles. The zero-order valence-corrected chi connectivity index (χ0v) is 11.7. The Morgan fingerprint density at radius 3 is 2.59 bits per heavy atom. The largest absolute Gasteiger partial charge is 0.444 e. The van der Waals surface area contributed by atoms with E-state index in [2.05, 4.69) is 20.4 Å². The lowest BCUT2D eigenvalue weighted by Gasteiger charge is -2.33. The molecule has 0 saturated carbocycles. The van der Waals surface area contributed by atoms with Crippen molar-refractivity contribution in [3.8, 4) is 0 Å². The van der Waals surface area contributed by atoms with Gasteiger partial charge >= 0.3 is 6.09 Å². The molecule has 1 atom stereocenters. The molecular formula is C14H25NO2. The fraction of sp³-hybridized carbons (Fsp3) is 0.786. The molecule has 0 bridgehead atoms. The first kappa shape index (κ1) is 14.1. The fourth-order valence-electron chi connectivity index (χ4n) is 2.42. The third-order valence-corrected chi connectivity index (χ3v) is 3.07. The van der Waals surface area contributed by atoms with E-state index >= 15 is 0 Å². The molecule has 0 radical (unpaired) electrons. The first-order valence-electron chi connectivity index (χ1n) is 6.27. The van der Waals surface area contributed by atoms with Crippen LogP contribution in [0.15, 0.2) is 12.7 Å². The fourth-order valence-corrected chi connectivity index (χ4v) is 2.42. The number of rotatable bonds is 2. The summed E-state index contributed by atoms with van der Waals surface area (Å²) in [5.74, 6) is 0.509. The number of nitrogens with zero attached hydrogens (tertiary/aromatic N) is 1. The summed E-state index contributed by atoms with van der Waals surface area (Å²) in [5, 5.41) is 0. The normalized spacial score (nSPS) is 23.6. The zero-order valence-electron chi connectivity index (χ0n) is 11.7. The second-order valence-corrected chi connectivity index (χ2v) is 6.50. The number of hydrogen-bond acceptors (Lipinski definition) is 2. The molecule has 1 amide bonds. The average molecular weight is 239 g/mol. The molecule has 17 heavy (non-hydrogen) atoms. The molecule has 3 nitrogen and oxygen atoms in total. The minimum absolute atomic E-state index is 0.115. The van der Waals surface area contributed by atoms with Crippen LogP contribution in [0.25, 0.3) is 0 Å². The molecule has 0 aliphatic carbocycles. The highest BCUT2D eigenvalue weighted by Gasteiger charge is 2.42. The van der Waals surface area contributed by atoms with E-state index in [4.69, 9.17) is 4.74 Å². The SMILES string of the molecule is C=CCC1CN(C(=O)OC(C)(C)C)C(C)(C)C1. The highest BCUT2D eigenvalue weighted by atomic mass is 16.6. The van der Waals surface area contributed by atoms with Gasteiger partial charge in [-0.2, -0.15) is 0 Å². The van der Waals surface area contributed by atoms with Crippen LogP contribution in [0.4, 0.5) is 4.79 Å². The van der Waals surface area contributed by atoms with Crippen LogP contribution in [0, 0.1) is 5.92 Å². The number of carbonyl (C=O) groups excluding carboxylic acids is 1. The van der Waals surface area contributed by atoms with Crippen LogP contribution in [-0.4, -0.2) is 28.7 Å². The summed E-state index contributed by atoms with van der Waals surface area (Å²) in [4.78, 5) is 14.0. The van der Waals surface area contributed by atoms with Crippen molar-refractivity contribution in [3.05, 3.63) is 12.7 Å². The van der Waals surface area contributed by atoms with Crippen LogP contribution >= 0.6 is 0 Å². The third kappa shape index (κ3) is 3.76. The van der Waals surface area contributed by atoms with Gasteiger partial charge in [0.25, 0.3) is 0 Å². The second kappa shape index (κ2) is 4.71. The van der Waals surface area contributed by atoms with Crippen molar-refractivity contribution in [2.24, 2.45) is 5.92 Å². The maximum absolute atomic E-state index is 12.1. The lowest BCUT2D eigenvalue weighted by atomic mass is 9.94. The van der Waals surface area contributed by atoms with Gasteiger partial charge < -0.3 is 9.64 Å². The van der Waals surface area contributed by atoms with Gasteiger partial charge in [-0.1, -0.05) is 6.08 Å². The maximum atomic E-state index is 12.1. The van der Waals surface area contributed by atoms with Crippen LogP contribution in [0.2, 0.25) is 0 Å². The van der Waals surface area contributed by atoms with Crippen molar-refractivity contribution in [2.45, 2.75) is 58.6 Å². The van der Waals surface area contributed by atoms with E-state index in [0.29, 0.717) is 5.92 Å². The van der Waals surface area contributed by atoms with Gasteiger partial charge in [0.05, 0.1) is 0 Å². The van der Waals surface area contributed by atoms with Crippen molar-refractivity contribution in [1.82, 2.24) is 4.90 Å². The van der Waals surface area contributed by atoms with E-state index in [9.17, 15) is 4.79 Å². The molecule has 98 valence electrons. The van der Waals surface area contributed by atoms with E-state index in [1.54, 1.807) is 0 Å². The molecule has 1 saturated heterocycles. The highest BCUT2D eigenvalue weighted by Crippen LogP contribution is 2.35. The molecule has 0 N–H and O–H groups in total. The van der Waals surface area contributed by atoms with Crippen molar-refractivity contribution >= 4 is 6.09 Å². The van der Waals surface area contributed by atoms with Crippen molar-refractivity contribution in [2.75, 3.05) is 6.54 Å². The van der Waals surface area contributed by atoms with Crippen LogP contribution < -0.4 is 0 Å². The predicted molar refractivity (Wildman–Crippen MR) is 69.9 cm³/mol. The number of carbonyl (C=O) groups is 1. The Hall–Kier alpha value is -0.990. The van der Waals surface area contributed by atoms with E-state index in [0.717, 1.165) is 19.4 Å². The molecule has 3 heteroatoms. The average Bonchev–Trinajstić information content (AvgIpc) is 2.38. The minimum atomic E-state index is -0.427. The molecular weight excluding hydrogens is 214 g/mol. The first-order chi connectivity index (χ1) is 7.65. The molecule has 1 rings (SSSR count). The molecule has 1 unspecified atom stereocenters. The molecule has 1 aliphatic heterocycles. The minimum Gasteiger partial charge on any atom is -0.444 e. The topological polar surface area (TPSA) is 29.5 Å². The number of ether oxygens (including phenoxy) is 1. The molecule has 1 heterocycles. The van der Waals surface area contributed by atoms with Gasteiger partial charge in [-0.25, -0.2) is 4.79 Å². The summed E-state index contributed by atoms with van der Waals surface area (Å²) >= 11 is 0. The lowest BCUT2D eigenvalue weighted by molar-refractivity contribution is 0.0131. The third-order valence-electron chi connectivity index (χ3n) is 3.07. The number of allylic oxidation sites excluding steroid dienone is 1. The number of amides is 1. The van der Waals surface area contributed by atoms with Gasteiger partial charge in [0.1, 0.15) is 5.60 Å². The van der Waals surface area contributed by atoms with E-state index < -0.39 is 5.60 Å². The van der Waals surface area contributed by atoms with Gasteiger partial charge in [-0.3, -0.25) is 0 Å². The van der Waals surface area contributed by atoms with Gasteiger partial charge in [-0.05, 0) is 53.4 Å². The molecule has 0 spiro atoms. The van der Waals surface area contributed by atoms with Gasteiger partial charge in [0.15, 0.2) is 0 Å². The Balaban J connectivity index is 2.70. The number of hydrogen-bond donors (Lipinski definition) is 0. The monoisotopic (exact) mass is 239 g/mol. The predicted octanol–water partition coefficient (Wildman–Crippen LogP) is 3.60. The van der Waals surface area contributed by atoms with Crippen LogP contribution in [0.1, 0.15) is 47.5 Å². The summed E-state index contributed by atoms with van der Waals surface area (Å²) in [6.07, 6.45) is 3.70.